The van der Waals surface area contributed by atoms with Crippen molar-refractivity contribution in [2.24, 2.45) is 0 Å². The Balaban J connectivity index is 1.02. The van der Waals surface area contributed by atoms with Crippen molar-refractivity contribution in [3.8, 4) is 67.8 Å². The second kappa shape index (κ2) is 14.7. The molecule has 0 atom stereocenters. The van der Waals surface area contributed by atoms with Crippen LogP contribution in [0.25, 0.3) is 111 Å². The van der Waals surface area contributed by atoms with Gasteiger partial charge in [0.05, 0.1) is 22.1 Å². The Hall–Kier alpha value is -8.41. The lowest BCUT2D eigenvalue weighted by Gasteiger charge is -2.13. The minimum absolute atomic E-state index is 0.621. The highest BCUT2D eigenvalue weighted by Gasteiger charge is 2.19. The van der Waals surface area contributed by atoms with Gasteiger partial charge in [0, 0.05) is 49.6 Å². The third-order valence-electron chi connectivity index (χ3n) is 12.0. The van der Waals surface area contributed by atoms with Crippen LogP contribution in [0.2, 0.25) is 0 Å². The lowest BCUT2D eigenvalue weighted by atomic mass is 9.99. The third kappa shape index (κ3) is 5.98. The van der Waals surface area contributed by atoms with Gasteiger partial charge in [-0.2, -0.15) is 0 Å². The van der Waals surface area contributed by atoms with Crippen LogP contribution in [-0.4, -0.2) is 24.1 Å². The van der Waals surface area contributed by atoms with Gasteiger partial charge in [0.1, 0.15) is 0 Å². The number of hydrogen-bond acceptors (Lipinski definition) is 3. The molecular formula is C57H37N5. The largest absolute Gasteiger partial charge is 0.309 e. The van der Waals surface area contributed by atoms with E-state index in [-0.39, 0.29) is 0 Å². The maximum absolute atomic E-state index is 5.19. The van der Waals surface area contributed by atoms with Crippen molar-refractivity contribution < 1.29 is 0 Å². The highest BCUT2D eigenvalue weighted by molar-refractivity contribution is 6.12. The summed E-state index contributed by atoms with van der Waals surface area (Å²) in [5.41, 5.74) is 14.1. The summed E-state index contributed by atoms with van der Waals surface area (Å²) in [4.78, 5) is 15.4. The van der Waals surface area contributed by atoms with Gasteiger partial charge in [0.2, 0.25) is 0 Å². The normalized spacial score (nSPS) is 11.5. The Kier molecular flexibility index (Phi) is 8.42. The summed E-state index contributed by atoms with van der Waals surface area (Å²) >= 11 is 0. The molecule has 3 heterocycles. The van der Waals surface area contributed by atoms with Gasteiger partial charge < -0.3 is 9.13 Å². The van der Waals surface area contributed by atoms with E-state index in [1.165, 1.54) is 32.6 Å². The van der Waals surface area contributed by atoms with Crippen LogP contribution in [0.5, 0.6) is 0 Å². The molecule has 3 aromatic heterocycles. The minimum Gasteiger partial charge on any atom is -0.309 e. The fourth-order valence-electron chi connectivity index (χ4n) is 9.11. The molecule has 0 aliphatic rings. The van der Waals surface area contributed by atoms with Crippen LogP contribution in [0.1, 0.15) is 0 Å². The van der Waals surface area contributed by atoms with E-state index in [4.69, 9.17) is 15.0 Å². The van der Waals surface area contributed by atoms with E-state index < -0.39 is 0 Å². The molecule has 5 nitrogen and oxygen atoms in total. The monoisotopic (exact) mass is 791 g/mol. The predicted octanol–water partition coefficient (Wildman–Crippen LogP) is 14.4. The number of aromatic nitrogens is 5. The van der Waals surface area contributed by atoms with E-state index in [1.807, 2.05) is 30.3 Å². The molecule has 5 heteroatoms. The highest BCUT2D eigenvalue weighted by atomic mass is 15.0. The number of para-hydroxylation sites is 3. The molecule has 0 saturated heterocycles. The van der Waals surface area contributed by atoms with Gasteiger partial charge in [-0.3, -0.25) is 0 Å². The molecule has 0 fully saturated rings. The molecule has 0 bridgehead atoms. The molecule has 12 rings (SSSR count). The van der Waals surface area contributed by atoms with E-state index in [2.05, 4.69) is 203 Å². The van der Waals surface area contributed by atoms with E-state index in [0.29, 0.717) is 17.5 Å². The molecule has 0 N–H and O–H groups in total. The number of nitrogens with zero attached hydrogens (tertiary/aromatic N) is 5. The third-order valence-corrected chi connectivity index (χ3v) is 12.0. The Bertz CT molecular complexity index is 3620. The van der Waals surface area contributed by atoms with Crippen molar-refractivity contribution in [2.45, 2.75) is 0 Å². The van der Waals surface area contributed by atoms with Crippen LogP contribution in [0, 0.1) is 0 Å². The number of benzene rings is 9. The van der Waals surface area contributed by atoms with Crippen LogP contribution in [-0.2, 0) is 0 Å². The average Bonchev–Trinajstić information content (AvgIpc) is 3.87. The van der Waals surface area contributed by atoms with Crippen LogP contribution in [0.3, 0.4) is 0 Å². The maximum Gasteiger partial charge on any atom is 0.164 e. The lowest BCUT2D eigenvalue weighted by molar-refractivity contribution is 1.07. The van der Waals surface area contributed by atoms with Crippen molar-refractivity contribution in [1.82, 2.24) is 24.1 Å². The molecule has 0 amide bonds. The Morgan fingerprint density at radius 1 is 0.242 bits per heavy atom. The van der Waals surface area contributed by atoms with Gasteiger partial charge in [0.25, 0.3) is 0 Å². The molecule has 0 saturated carbocycles. The molecule has 290 valence electrons. The van der Waals surface area contributed by atoms with Crippen LogP contribution in [0.15, 0.2) is 224 Å². The zero-order valence-electron chi connectivity index (χ0n) is 33.6. The molecule has 0 radical (unpaired) electrons. The van der Waals surface area contributed by atoms with E-state index in [1.54, 1.807) is 0 Å². The Morgan fingerprint density at radius 3 is 1.42 bits per heavy atom. The first-order valence-corrected chi connectivity index (χ1v) is 20.9. The van der Waals surface area contributed by atoms with Gasteiger partial charge in [-0.25, -0.2) is 15.0 Å². The first-order valence-electron chi connectivity index (χ1n) is 20.9. The van der Waals surface area contributed by atoms with Crippen LogP contribution in [0.4, 0.5) is 0 Å². The van der Waals surface area contributed by atoms with Crippen molar-refractivity contribution >= 4 is 43.6 Å². The second-order valence-corrected chi connectivity index (χ2v) is 15.6. The first-order chi connectivity index (χ1) is 30.7. The van der Waals surface area contributed by atoms with Gasteiger partial charge in [-0.15, -0.1) is 0 Å². The van der Waals surface area contributed by atoms with Crippen molar-refractivity contribution in [1.29, 1.82) is 0 Å². The van der Waals surface area contributed by atoms with Gasteiger partial charge in [-0.05, 0) is 70.8 Å². The number of fused-ring (bicyclic) bond motifs is 6. The summed E-state index contributed by atoms with van der Waals surface area (Å²) in [7, 11) is 0. The predicted molar refractivity (Wildman–Crippen MR) is 256 cm³/mol. The van der Waals surface area contributed by atoms with Crippen molar-refractivity contribution in [3.05, 3.63) is 224 Å². The highest BCUT2D eigenvalue weighted by Crippen LogP contribution is 2.39. The fraction of sp³-hybridized carbons (Fsp3) is 0. The summed E-state index contributed by atoms with van der Waals surface area (Å²) in [5.74, 6) is 1.89. The summed E-state index contributed by atoms with van der Waals surface area (Å²) in [6, 6.07) is 79.3. The quantitative estimate of drug-likeness (QED) is 0.162. The fourth-order valence-corrected chi connectivity index (χ4v) is 9.11. The van der Waals surface area contributed by atoms with Crippen LogP contribution >= 0.6 is 0 Å². The summed E-state index contributed by atoms with van der Waals surface area (Å²) in [6.45, 7) is 0. The van der Waals surface area contributed by atoms with Gasteiger partial charge in [-0.1, -0.05) is 176 Å². The molecule has 0 unspecified atom stereocenters. The van der Waals surface area contributed by atoms with Crippen LogP contribution < -0.4 is 0 Å². The van der Waals surface area contributed by atoms with Gasteiger partial charge >= 0.3 is 0 Å². The zero-order chi connectivity index (χ0) is 41.0. The topological polar surface area (TPSA) is 48.5 Å². The summed E-state index contributed by atoms with van der Waals surface area (Å²) in [6.07, 6.45) is 0. The second-order valence-electron chi connectivity index (χ2n) is 15.6. The number of hydrogen-bond donors (Lipinski definition) is 0. The van der Waals surface area contributed by atoms with Gasteiger partial charge in [0.15, 0.2) is 17.5 Å². The summed E-state index contributed by atoms with van der Waals surface area (Å²) < 4.78 is 4.80. The smallest absolute Gasteiger partial charge is 0.164 e. The molecule has 9 aromatic carbocycles. The zero-order valence-corrected chi connectivity index (χ0v) is 33.6. The minimum atomic E-state index is 0.621. The van der Waals surface area contributed by atoms with E-state index in [0.717, 1.165) is 61.4 Å². The van der Waals surface area contributed by atoms with E-state index >= 15 is 0 Å². The number of rotatable bonds is 7. The molecule has 0 spiro atoms. The lowest BCUT2D eigenvalue weighted by Crippen LogP contribution is -2.01. The van der Waals surface area contributed by atoms with Crippen molar-refractivity contribution in [2.75, 3.05) is 0 Å². The SMILES string of the molecule is c1ccc(-c2nc(-c3cccc(-c4ccc5c6ccccc6n(-c6ccc7c8ccccc8n(-c8ccccc8)c7c6)c5c4)c3)nc(-c3ccccc3-c3ccccc3)n2)cc1. The first kappa shape index (κ1) is 35.5. The molecular weight excluding hydrogens is 755 g/mol. The van der Waals surface area contributed by atoms with Crippen molar-refractivity contribution in [3.63, 3.8) is 0 Å². The average molecular weight is 792 g/mol. The van der Waals surface area contributed by atoms with E-state index in [9.17, 15) is 0 Å². The Labute approximate surface area is 358 Å². The molecule has 0 aliphatic carbocycles. The maximum atomic E-state index is 5.19. The molecule has 0 aliphatic heterocycles. The standard InChI is InChI=1S/C57H37N5/c1-4-17-38(18-5-1)45-25-10-11-28-50(45)57-59-55(39-19-6-2-7-20-39)58-56(60-57)42-22-16-21-40(35-42)41-31-33-48-46-26-13-15-30-52(46)62(53(48)36-41)44-32-34-49-47-27-12-14-29-51(47)61(54(49)37-44)43-23-8-3-9-24-43/h1-37H. The Morgan fingerprint density at radius 2 is 0.710 bits per heavy atom. The summed E-state index contributed by atoms with van der Waals surface area (Å²) in [5, 5.41) is 4.89. The molecule has 62 heavy (non-hydrogen) atoms. The molecule has 12 aromatic rings.